The topological polar surface area (TPSA) is 56.8 Å². The summed E-state index contributed by atoms with van der Waals surface area (Å²) in [6.07, 6.45) is 1.65. The molecule has 3 heteroatoms. The highest BCUT2D eigenvalue weighted by atomic mass is 16.5. The first-order valence-electron chi connectivity index (χ1n) is 8.95. The Bertz CT molecular complexity index is 1130. The predicted molar refractivity (Wildman–Crippen MR) is 108 cm³/mol. The van der Waals surface area contributed by atoms with Crippen LogP contribution in [0.15, 0.2) is 102 Å². The molecule has 3 nitrogen and oxygen atoms in total. The van der Waals surface area contributed by atoms with Gasteiger partial charge in [-0.15, -0.1) is 0 Å². The van der Waals surface area contributed by atoms with Crippen LogP contribution in [0.5, 0.6) is 5.75 Å². The minimum absolute atomic E-state index is 0.0485. The second kappa shape index (κ2) is 7.66. The Labute approximate surface area is 164 Å². The average molecular weight is 360 g/mol. The molecule has 0 unspecified atom stereocenters. The summed E-state index contributed by atoms with van der Waals surface area (Å²) in [5.41, 5.74) is 3.84. The molecule has 0 amide bonds. The van der Waals surface area contributed by atoms with Crippen molar-refractivity contribution in [2.75, 3.05) is 0 Å². The second-order valence-corrected chi connectivity index (χ2v) is 6.42. The average Bonchev–Trinajstić information content (AvgIpc) is 2.77. The zero-order valence-electron chi connectivity index (χ0n) is 15.0. The van der Waals surface area contributed by atoms with E-state index < -0.39 is 0 Å². The van der Waals surface area contributed by atoms with Gasteiger partial charge < -0.3 is 4.74 Å². The van der Waals surface area contributed by atoms with E-state index in [1.54, 1.807) is 6.08 Å². The lowest BCUT2D eigenvalue weighted by Crippen LogP contribution is -2.15. The molecule has 0 fully saturated rings. The summed E-state index contributed by atoms with van der Waals surface area (Å²) in [5.74, 6) is 1.30. The number of allylic oxidation sites excluding steroid dienone is 3. The van der Waals surface area contributed by atoms with Gasteiger partial charge in [-0.1, -0.05) is 78.9 Å². The zero-order valence-corrected chi connectivity index (χ0v) is 15.0. The quantitative estimate of drug-likeness (QED) is 0.572. The van der Waals surface area contributed by atoms with Gasteiger partial charge in [0.25, 0.3) is 0 Å². The normalized spacial score (nSPS) is 14.9. The van der Waals surface area contributed by atoms with Crippen LogP contribution in [0, 0.1) is 22.7 Å². The van der Waals surface area contributed by atoms with E-state index in [1.807, 2.05) is 84.9 Å². The number of hydrogen-bond acceptors (Lipinski definition) is 3. The summed E-state index contributed by atoms with van der Waals surface area (Å²) in [6, 6.07) is 31.7. The molecule has 0 aromatic heterocycles. The summed E-state index contributed by atoms with van der Waals surface area (Å²) in [6.45, 7) is 0. The molecule has 1 atom stereocenters. The molecular weight excluding hydrogens is 344 g/mol. The summed E-state index contributed by atoms with van der Waals surface area (Å²) in [4.78, 5) is 0. The fourth-order valence-corrected chi connectivity index (χ4v) is 3.49. The summed E-state index contributed by atoms with van der Waals surface area (Å²) < 4.78 is 6.29. The van der Waals surface area contributed by atoms with Gasteiger partial charge >= 0.3 is 0 Å². The number of hydrogen-bond donors (Lipinski definition) is 0. The summed E-state index contributed by atoms with van der Waals surface area (Å²) in [5, 5.41) is 18.7. The molecule has 3 aromatic rings. The standard InChI is InChI=1S/C25H16N2O/c26-16-18(17-27)15-22-24(19-9-3-1-4-10-19)21-13-7-8-14-23(21)28-25(22)20-11-5-2-6-12-20/h1-15,24H/t24-/m0/s1. The largest absolute Gasteiger partial charge is 0.456 e. The smallest absolute Gasteiger partial charge is 0.138 e. The lowest BCUT2D eigenvalue weighted by atomic mass is 9.80. The van der Waals surface area contributed by atoms with Crippen molar-refractivity contribution < 1.29 is 4.74 Å². The third-order valence-electron chi connectivity index (χ3n) is 4.72. The molecule has 0 radical (unpaired) electrons. The van der Waals surface area contributed by atoms with E-state index in [1.165, 1.54) is 0 Å². The number of ether oxygens (including phenoxy) is 1. The first-order valence-corrected chi connectivity index (χ1v) is 8.95. The Balaban J connectivity index is 2.04. The van der Waals surface area contributed by atoms with Gasteiger partial charge in [0.1, 0.15) is 29.2 Å². The van der Waals surface area contributed by atoms with Gasteiger partial charge in [0.05, 0.1) is 0 Å². The fourth-order valence-electron chi connectivity index (χ4n) is 3.49. The van der Waals surface area contributed by atoms with Crippen LogP contribution in [0.1, 0.15) is 22.6 Å². The van der Waals surface area contributed by atoms with Crippen molar-refractivity contribution in [2.24, 2.45) is 0 Å². The molecule has 1 aliphatic heterocycles. The van der Waals surface area contributed by atoms with Crippen LogP contribution in [-0.2, 0) is 0 Å². The van der Waals surface area contributed by atoms with E-state index in [4.69, 9.17) is 4.74 Å². The molecule has 28 heavy (non-hydrogen) atoms. The monoisotopic (exact) mass is 360 g/mol. The number of benzene rings is 3. The molecule has 0 saturated carbocycles. The first kappa shape index (κ1) is 17.3. The van der Waals surface area contributed by atoms with Gasteiger partial charge in [-0.2, -0.15) is 10.5 Å². The summed E-state index contributed by atoms with van der Waals surface area (Å²) >= 11 is 0. The van der Waals surface area contributed by atoms with Crippen LogP contribution < -0.4 is 4.74 Å². The molecule has 0 saturated heterocycles. The lowest BCUT2D eigenvalue weighted by Gasteiger charge is -2.30. The van der Waals surface area contributed by atoms with Crippen molar-refractivity contribution in [2.45, 2.75) is 5.92 Å². The Kier molecular flexibility index (Phi) is 4.74. The van der Waals surface area contributed by atoms with Crippen molar-refractivity contribution >= 4 is 5.76 Å². The lowest BCUT2D eigenvalue weighted by molar-refractivity contribution is 0.487. The number of nitriles is 2. The van der Waals surface area contributed by atoms with Gasteiger partial charge in [0.2, 0.25) is 0 Å². The van der Waals surface area contributed by atoms with E-state index in [2.05, 4.69) is 12.1 Å². The predicted octanol–water partition coefficient (Wildman–Crippen LogP) is 5.60. The maximum atomic E-state index is 9.36. The maximum absolute atomic E-state index is 9.36. The van der Waals surface area contributed by atoms with Crippen molar-refractivity contribution in [3.63, 3.8) is 0 Å². The third kappa shape index (κ3) is 3.18. The highest BCUT2D eigenvalue weighted by Crippen LogP contribution is 2.46. The van der Waals surface area contributed by atoms with Crippen LogP contribution in [0.25, 0.3) is 5.76 Å². The molecule has 1 heterocycles. The van der Waals surface area contributed by atoms with Crippen molar-refractivity contribution in [3.8, 4) is 17.9 Å². The molecule has 1 aliphatic rings. The van der Waals surface area contributed by atoms with E-state index in [0.29, 0.717) is 5.76 Å². The third-order valence-corrected chi connectivity index (χ3v) is 4.72. The van der Waals surface area contributed by atoms with Gasteiger partial charge in [-0.3, -0.25) is 0 Å². The molecule has 132 valence electrons. The number of fused-ring (bicyclic) bond motifs is 1. The number of para-hydroxylation sites is 1. The van der Waals surface area contributed by atoms with Crippen LogP contribution >= 0.6 is 0 Å². The van der Waals surface area contributed by atoms with Crippen LogP contribution in [0.2, 0.25) is 0 Å². The summed E-state index contributed by atoms with van der Waals surface area (Å²) in [7, 11) is 0. The van der Waals surface area contributed by atoms with Gasteiger partial charge in [-0.05, 0) is 17.7 Å². The molecule has 0 aliphatic carbocycles. The van der Waals surface area contributed by atoms with Gasteiger partial charge in [0, 0.05) is 22.6 Å². The van der Waals surface area contributed by atoms with Crippen LogP contribution in [0.3, 0.4) is 0 Å². The van der Waals surface area contributed by atoms with E-state index >= 15 is 0 Å². The molecule has 3 aromatic carbocycles. The highest BCUT2D eigenvalue weighted by Gasteiger charge is 2.30. The molecular formula is C25H16N2O. The van der Waals surface area contributed by atoms with E-state index in [0.717, 1.165) is 28.0 Å². The zero-order chi connectivity index (χ0) is 19.3. The molecule has 0 N–H and O–H groups in total. The van der Waals surface area contributed by atoms with E-state index in [-0.39, 0.29) is 11.5 Å². The Morgan fingerprint density at radius 1 is 0.786 bits per heavy atom. The number of nitrogens with zero attached hydrogens (tertiary/aromatic N) is 2. The number of rotatable bonds is 3. The van der Waals surface area contributed by atoms with Gasteiger partial charge in [-0.25, -0.2) is 0 Å². The molecule has 4 rings (SSSR count). The fraction of sp³-hybridized carbons (Fsp3) is 0.0400. The maximum Gasteiger partial charge on any atom is 0.138 e. The van der Waals surface area contributed by atoms with Crippen LogP contribution in [-0.4, -0.2) is 0 Å². The first-order chi connectivity index (χ1) is 13.8. The molecule has 0 spiro atoms. The Morgan fingerprint density at radius 3 is 2.07 bits per heavy atom. The molecule has 0 bridgehead atoms. The van der Waals surface area contributed by atoms with Crippen molar-refractivity contribution in [1.29, 1.82) is 10.5 Å². The van der Waals surface area contributed by atoms with Crippen LogP contribution in [0.4, 0.5) is 0 Å². The Morgan fingerprint density at radius 2 is 1.39 bits per heavy atom. The Hall–Kier alpha value is -4.08. The minimum atomic E-state index is -0.141. The van der Waals surface area contributed by atoms with E-state index in [9.17, 15) is 10.5 Å². The SMILES string of the molecule is N#CC(C#N)=CC1=C(c2ccccc2)Oc2ccccc2[C@@H]1c1ccccc1. The second-order valence-electron chi connectivity index (χ2n) is 6.42. The minimum Gasteiger partial charge on any atom is -0.456 e. The highest BCUT2D eigenvalue weighted by molar-refractivity contribution is 5.75. The van der Waals surface area contributed by atoms with Crippen molar-refractivity contribution in [1.82, 2.24) is 0 Å². The van der Waals surface area contributed by atoms with Gasteiger partial charge in [0.15, 0.2) is 0 Å². The van der Waals surface area contributed by atoms with Crippen molar-refractivity contribution in [3.05, 3.63) is 119 Å².